The molecule has 0 unspecified atom stereocenters. The van der Waals surface area contributed by atoms with Crippen LogP contribution in [0.2, 0.25) is 0 Å². The molecule has 1 N–H and O–H groups in total. The Balaban J connectivity index is 1.22. The average Bonchev–Trinajstić information content (AvgIpc) is 3.22. The van der Waals surface area contributed by atoms with Gasteiger partial charge < -0.3 is 10.2 Å². The van der Waals surface area contributed by atoms with E-state index in [2.05, 4.69) is 36.1 Å². The molecular formula is C23H37N5O2. The Hall–Kier alpha value is -1.89. The highest BCUT2D eigenvalue weighted by Gasteiger charge is 2.33. The van der Waals surface area contributed by atoms with Crippen molar-refractivity contribution in [2.75, 3.05) is 39.3 Å². The van der Waals surface area contributed by atoms with Gasteiger partial charge in [0.15, 0.2) is 0 Å². The van der Waals surface area contributed by atoms with Gasteiger partial charge in [-0.1, -0.05) is 12.8 Å². The van der Waals surface area contributed by atoms with Gasteiger partial charge in [-0.05, 0) is 52.5 Å². The number of carbonyl (C=O) groups is 2. The van der Waals surface area contributed by atoms with Gasteiger partial charge in [0, 0.05) is 56.8 Å². The number of aromatic nitrogens is 2. The molecule has 3 fully saturated rings. The number of carbonyl (C=O) groups excluding carboxylic acids is 2. The first kappa shape index (κ1) is 21.3. The normalized spacial score (nSPS) is 21.2. The Morgan fingerprint density at radius 1 is 1.07 bits per heavy atom. The van der Waals surface area contributed by atoms with Crippen LogP contribution in [0.15, 0.2) is 6.07 Å². The lowest BCUT2D eigenvalue weighted by Gasteiger charge is -2.36. The summed E-state index contributed by atoms with van der Waals surface area (Å²) in [5, 5.41) is 7.66. The van der Waals surface area contributed by atoms with Crippen LogP contribution in [-0.4, -0.2) is 70.7 Å². The molecule has 0 aromatic carbocycles. The molecule has 7 heteroatoms. The van der Waals surface area contributed by atoms with Gasteiger partial charge in [-0.25, -0.2) is 0 Å². The number of hydrogen-bond donors (Lipinski definition) is 1. The van der Waals surface area contributed by atoms with Crippen molar-refractivity contribution in [3.8, 4) is 0 Å². The van der Waals surface area contributed by atoms with Gasteiger partial charge in [-0.2, -0.15) is 5.10 Å². The summed E-state index contributed by atoms with van der Waals surface area (Å²) >= 11 is 0. The molecule has 0 bridgehead atoms. The highest BCUT2D eigenvalue weighted by molar-refractivity contribution is 5.92. The van der Waals surface area contributed by atoms with Gasteiger partial charge in [0.1, 0.15) is 5.69 Å². The van der Waals surface area contributed by atoms with Crippen molar-refractivity contribution >= 4 is 11.8 Å². The first-order chi connectivity index (χ1) is 14.3. The maximum Gasteiger partial charge on any atom is 0.271 e. The second-order valence-corrected chi connectivity index (χ2v) is 10.2. The summed E-state index contributed by atoms with van der Waals surface area (Å²) < 4.78 is 2.03. The Kier molecular flexibility index (Phi) is 6.19. The zero-order chi connectivity index (χ0) is 21.3. The van der Waals surface area contributed by atoms with E-state index in [-0.39, 0.29) is 17.4 Å². The van der Waals surface area contributed by atoms with Crippen molar-refractivity contribution in [1.82, 2.24) is 24.9 Å². The molecule has 3 aliphatic rings. The maximum absolute atomic E-state index is 12.7. The van der Waals surface area contributed by atoms with Crippen LogP contribution in [0.3, 0.4) is 0 Å². The van der Waals surface area contributed by atoms with Crippen molar-refractivity contribution in [2.45, 2.75) is 70.8 Å². The molecule has 0 radical (unpaired) electrons. The van der Waals surface area contributed by atoms with E-state index in [0.717, 1.165) is 45.6 Å². The largest absolute Gasteiger partial charge is 0.349 e. The van der Waals surface area contributed by atoms with E-state index in [1.807, 2.05) is 15.6 Å². The summed E-state index contributed by atoms with van der Waals surface area (Å²) in [6.45, 7) is 11.2. The fraction of sp³-hybridized carbons (Fsp3) is 0.783. The van der Waals surface area contributed by atoms with E-state index >= 15 is 0 Å². The summed E-state index contributed by atoms with van der Waals surface area (Å²) in [6.07, 6.45) is 6.92. The zero-order valence-electron chi connectivity index (χ0n) is 18.8. The van der Waals surface area contributed by atoms with Crippen LogP contribution >= 0.6 is 0 Å². The fourth-order valence-corrected chi connectivity index (χ4v) is 4.75. The predicted molar refractivity (Wildman–Crippen MR) is 117 cm³/mol. The molecular weight excluding hydrogens is 378 g/mol. The molecule has 2 aliphatic carbocycles. The molecule has 0 spiro atoms. The molecule has 166 valence electrons. The summed E-state index contributed by atoms with van der Waals surface area (Å²) in [6, 6.07) is 1.98. The molecule has 2 heterocycles. The van der Waals surface area contributed by atoms with Crippen molar-refractivity contribution in [2.24, 2.45) is 5.92 Å². The molecule has 1 aliphatic heterocycles. The van der Waals surface area contributed by atoms with Crippen LogP contribution in [0.4, 0.5) is 0 Å². The average molecular weight is 416 g/mol. The lowest BCUT2D eigenvalue weighted by atomic mass is 10.1. The number of nitrogens with one attached hydrogen (secondary N) is 1. The van der Waals surface area contributed by atoms with Gasteiger partial charge in [0.05, 0.1) is 5.54 Å². The topological polar surface area (TPSA) is 70.5 Å². The Bertz CT molecular complexity index is 763. The summed E-state index contributed by atoms with van der Waals surface area (Å²) in [7, 11) is 0. The number of hydrogen-bond acceptors (Lipinski definition) is 4. The first-order valence-corrected chi connectivity index (χ1v) is 11.7. The van der Waals surface area contributed by atoms with Crippen LogP contribution in [0.1, 0.15) is 81.4 Å². The summed E-state index contributed by atoms with van der Waals surface area (Å²) in [5.74, 6) is 1.10. The molecule has 4 rings (SSSR count). The third kappa shape index (κ3) is 4.88. The quantitative estimate of drug-likeness (QED) is 0.775. The number of amides is 2. The van der Waals surface area contributed by atoms with Crippen LogP contribution < -0.4 is 5.32 Å². The third-order valence-corrected chi connectivity index (χ3v) is 6.70. The minimum Gasteiger partial charge on any atom is -0.349 e. The van der Waals surface area contributed by atoms with Crippen molar-refractivity contribution in [3.05, 3.63) is 17.5 Å². The fourth-order valence-electron chi connectivity index (χ4n) is 4.75. The zero-order valence-corrected chi connectivity index (χ0v) is 18.8. The SMILES string of the molecule is CC(C)(C)n1nc(C(=O)NCCN2CCN(C(=O)C3CCCC3)CC2)cc1C1CC1. The van der Waals surface area contributed by atoms with E-state index in [0.29, 0.717) is 24.1 Å². The van der Waals surface area contributed by atoms with Crippen molar-refractivity contribution in [3.63, 3.8) is 0 Å². The van der Waals surface area contributed by atoms with Gasteiger partial charge in [-0.15, -0.1) is 0 Å². The summed E-state index contributed by atoms with van der Waals surface area (Å²) in [4.78, 5) is 29.6. The monoisotopic (exact) mass is 415 g/mol. The third-order valence-electron chi connectivity index (χ3n) is 6.70. The van der Waals surface area contributed by atoms with E-state index < -0.39 is 0 Å². The van der Waals surface area contributed by atoms with E-state index in [4.69, 9.17) is 0 Å². The smallest absolute Gasteiger partial charge is 0.271 e. The van der Waals surface area contributed by atoms with Crippen LogP contribution in [0, 0.1) is 5.92 Å². The Morgan fingerprint density at radius 2 is 1.73 bits per heavy atom. The second kappa shape index (κ2) is 8.69. The lowest BCUT2D eigenvalue weighted by Crippen LogP contribution is -2.51. The summed E-state index contributed by atoms with van der Waals surface area (Å²) in [5.41, 5.74) is 1.60. The van der Waals surface area contributed by atoms with E-state index in [9.17, 15) is 9.59 Å². The minimum atomic E-state index is -0.119. The highest BCUT2D eigenvalue weighted by Crippen LogP contribution is 2.41. The van der Waals surface area contributed by atoms with Crippen LogP contribution in [0.25, 0.3) is 0 Å². The van der Waals surface area contributed by atoms with Gasteiger partial charge in [0.25, 0.3) is 5.91 Å². The molecule has 7 nitrogen and oxygen atoms in total. The van der Waals surface area contributed by atoms with Gasteiger partial charge in [-0.3, -0.25) is 19.2 Å². The molecule has 1 saturated heterocycles. The maximum atomic E-state index is 12.7. The minimum absolute atomic E-state index is 0.0880. The van der Waals surface area contributed by atoms with Crippen molar-refractivity contribution < 1.29 is 9.59 Å². The highest BCUT2D eigenvalue weighted by atomic mass is 16.2. The molecule has 0 atom stereocenters. The molecule has 1 aromatic heterocycles. The van der Waals surface area contributed by atoms with E-state index in [1.165, 1.54) is 31.4 Å². The first-order valence-electron chi connectivity index (χ1n) is 11.7. The van der Waals surface area contributed by atoms with Gasteiger partial charge >= 0.3 is 0 Å². The number of rotatable bonds is 6. The number of piperazine rings is 1. The van der Waals surface area contributed by atoms with E-state index in [1.54, 1.807) is 0 Å². The molecule has 30 heavy (non-hydrogen) atoms. The Labute approximate surface area is 180 Å². The lowest BCUT2D eigenvalue weighted by molar-refractivity contribution is -0.137. The standard InChI is InChI=1S/C23H37N5O2/c1-23(2,3)28-20(17-8-9-17)16-19(25-28)21(29)24-10-11-26-12-14-27(15-13-26)22(30)18-6-4-5-7-18/h16-18H,4-15H2,1-3H3,(H,24,29). The molecule has 2 amide bonds. The van der Waals surface area contributed by atoms with Gasteiger partial charge in [0.2, 0.25) is 5.91 Å². The molecule has 1 aromatic rings. The van der Waals surface area contributed by atoms with Crippen molar-refractivity contribution in [1.29, 1.82) is 0 Å². The molecule has 2 saturated carbocycles. The Morgan fingerprint density at radius 3 is 2.33 bits per heavy atom. The van der Waals surface area contributed by atoms with Crippen LogP contribution in [-0.2, 0) is 10.3 Å². The second-order valence-electron chi connectivity index (χ2n) is 10.2. The number of nitrogens with zero attached hydrogens (tertiary/aromatic N) is 4. The predicted octanol–water partition coefficient (Wildman–Crippen LogP) is 2.58. The van der Waals surface area contributed by atoms with Crippen LogP contribution in [0.5, 0.6) is 0 Å².